The lowest BCUT2D eigenvalue weighted by atomic mass is 10.1. The molecule has 1 aromatic carbocycles. The highest BCUT2D eigenvalue weighted by Crippen LogP contribution is 2.11. The van der Waals surface area contributed by atoms with Crippen LogP contribution in [0.15, 0.2) is 42.2 Å². The fourth-order valence-electron chi connectivity index (χ4n) is 2.57. The Labute approximate surface area is 155 Å². The zero-order valence-corrected chi connectivity index (χ0v) is 15.6. The lowest BCUT2D eigenvalue weighted by Gasteiger charge is -2.15. The zero-order valence-electron chi connectivity index (χ0n) is 15.6. The lowest BCUT2D eigenvalue weighted by Crippen LogP contribution is -2.59. The van der Waals surface area contributed by atoms with Crippen molar-refractivity contribution in [3.05, 3.63) is 47.8 Å². The highest BCUT2D eigenvalue weighted by Gasteiger charge is 2.21. The van der Waals surface area contributed by atoms with Gasteiger partial charge in [0, 0.05) is 6.54 Å². The first-order valence-corrected chi connectivity index (χ1v) is 9.31. The fraction of sp³-hybridized carbons (Fsp3) is 0.500. The molecule has 0 aliphatic rings. The molecule has 5 nitrogen and oxygen atoms in total. The van der Waals surface area contributed by atoms with Crippen LogP contribution >= 0.6 is 0 Å². The molecular formula is C20H31FN3O2+. The number of quaternary nitrogens is 1. The second-order valence-corrected chi connectivity index (χ2v) is 6.37. The molecule has 6 heteroatoms. The minimum Gasteiger partial charge on any atom is -0.338 e. The first kappa shape index (κ1) is 21.8. The van der Waals surface area contributed by atoms with Crippen molar-refractivity contribution in [3.63, 3.8) is 0 Å². The third-order valence-corrected chi connectivity index (χ3v) is 4.00. The molecule has 3 amide bonds. The standard InChI is InChI=1S/C20H30FN3O2/c1-2-3-4-8-14-23-20(26)24-18(15-19(22)25)17(21)13-9-12-16-10-6-5-7-11-16/h5-7,10-11,13,18H,2-4,8-9,12,14-15H2,1H3,(H2,22,25)(H2,23,24,26)/p+1/b17-13+/t18-/m1/s1. The van der Waals surface area contributed by atoms with Crippen molar-refractivity contribution < 1.29 is 19.7 Å². The Balaban J connectivity index is 2.48. The molecule has 0 spiro atoms. The Morgan fingerprint density at radius 3 is 2.58 bits per heavy atom. The fourth-order valence-corrected chi connectivity index (χ4v) is 2.57. The average molecular weight is 364 g/mol. The smallest absolute Gasteiger partial charge is 0.315 e. The van der Waals surface area contributed by atoms with Gasteiger partial charge in [0.2, 0.25) is 0 Å². The summed E-state index contributed by atoms with van der Waals surface area (Å²) in [4.78, 5) is 23.2. The van der Waals surface area contributed by atoms with Crippen LogP contribution in [-0.2, 0) is 11.2 Å². The summed E-state index contributed by atoms with van der Waals surface area (Å²) in [5.41, 5.74) is 4.40. The molecule has 0 saturated carbocycles. The lowest BCUT2D eigenvalue weighted by molar-refractivity contribution is -0.306. The number of unbranched alkanes of at least 4 members (excludes halogenated alkanes) is 3. The Morgan fingerprint density at radius 2 is 1.92 bits per heavy atom. The van der Waals surface area contributed by atoms with E-state index in [0.717, 1.165) is 31.2 Å². The van der Waals surface area contributed by atoms with Crippen molar-refractivity contribution in [2.45, 2.75) is 57.9 Å². The van der Waals surface area contributed by atoms with Crippen molar-refractivity contribution >= 4 is 11.9 Å². The summed E-state index contributed by atoms with van der Waals surface area (Å²) in [6, 6.07) is 8.34. The summed E-state index contributed by atoms with van der Waals surface area (Å²) in [5, 5.41) is 5.24. The van der Waals surface area contributed by atoms with Gasteiger partial charge in [0.05, 0.1) is 12.5 Å². The minimum atomic E-state index is -0.966. The predicted molar refractivity (Wildman–Crippen MR) is 101 cm³/mol. The van der Waals surface area contributed by atoms with Crippen LogP contribution in [0.4, 0.5) is 9.18 Å². The second-order valence-electron chi connectivity index (χ2n) is 6.37. The van der Waals surface area contributed by atoms with Gasteiger partial charge in [-0.25, -0.2) is 14.0 Å². The van der Waals surface area contributed by atoms with Crippen LogP contribution in [0.1, 0.15) is 51.0 Å². The zero-order chi connectivity index (χ0) is 19.2. The van der Waals surface area contributed by atoms with Gasteiger partial charge in [0.15, 0.2) is 0 Å². The van der Waals surface area contributed by atoms with Crippen molar-refractivity contribution in [1.82, 2.24) is 10.6 Å². The summed E-state index contributed by atoms with van der Waals surface area (Å²) in [5.74, 6) is -0.913. The maximum atomic E-state index is 14.4. The number of hydrogen-bond donors (Lipinski definition) is 3. The van der Waals surface area contributed by atoms with Gasteiger partial charge in [-0.15, -0.1) is 0 Å². The molecule has 0 unspecified atom stereocenters. The van der Waals surface area contributed by atoms with Gasteiger partial charge >= 0.3 is 11.9 Å². The molecule has 0 saturated heterocycles. The molecule has 5 N–H and O–H groups in total. The summed E-state index contributed by atoms with van der Waals surface area (Å²) in [7, 11) is 0. The van der Waals surface area contributed by atoms with Crippen LogP contribution in [0.2, 0.25) is 0 Å². The predicted octanol–water partition coefficient (Wildman–Crippen LogP) is 2.88. The topological polar surface area (TPSA) is 85.8 Å². The SMILES string of the molecule is CCCCCCNC(=O)N[C@H](CC([NH3+])=O)/C(F)=C\CCc1ccccc1. The van der Waals surface area contributed by atoms with E-state index in [1.165, 1.54) is 6.08 Å². The summed E-state index contributed by atoms with van der Waals surface area (Å²) in [6.45, 7) is 2.66. The molecule has 144 valence electrons. The molecule has 0 fully saturated rings. The largest absolute Gasteiger partial charge is 0.338 e. The number of carbonyl (C=O) groups excluding carboxylic acids is 2. The molecule has 1 aromatic rings. The Morgan fingerprint density at radius 1 is 1.19 bits per heavy atom. The normalized spacial score (nSPS) is 12.5. The number of halogens is 1. The van der Waals surface area contributed by atoms with E-state index in [1.807, 2.05) is 30.3 Å². The molecule has 1 atom stereocenters. The van der Waals surface area contributed by atoms with Crippen molar-refractivity contribution in [1.29, 1.82) is 0 Å². The quantitative estimate of drug-likeness (QED) is 0.498. The average Bonchev–Trinajstić information content (AvgIpc) is 2.61. The maximum Gasteiger partial charge on any atom is 0.315 e. The van der Waals surface area contributed by atoms with Gasteiger partial charge in [-0.3, -0.25) is 5.73 Å². The monoisotopic (exact) mass is 364 g/mol. The van der Waals surface area contributed by atoms with Gasteiger partial charge in [-0.05, 0) is 24.8 Å². The number of rotatable bonds is 12. The molecule has 1 rings (SSSR count). The molecule has 26 heavy (non-hydrogen) atoms. The highest BCUT2D eigenvalue weighted by atomic mass is 19.1. The van der Waals surface area contributed by atoms with E-state index in [-0.39, 0.29) is 6.42 Å². The molecular weight excluding hydrogens is 333 g/mol. The number of carbonyl (C=O) groups is 2. The number of allylic oxidation sites excluding steroid dienone is 1. The Kier molecular flexibility index (Phi) is 11.0. The van der Waals surface area contributed by atoms with Crippen molar-refractivity contribution in [3.8, 4) is 0 Å². The van der Waals surface area contributed by atoms with Gasteiger partial charge in [-0.1, -0.05) is 62.6 Å². The molecule has 0 radical (unpaired) electrons. The van der Waals surface area contributed by atoms with E-state index in [9.17, 15) is 14.0 Å². The van der Waals surface area contributed by atoms with E-state index < -0.39 is 23.8 Å². The number of hydrogen-bond acceptors (Lipinski definition) is 2. The van der Waals surface area contributed by atoms with E-state index in [0.29, 0.717) is 19.4 Å². The molecule has 0 aliphatic carbocycles. The van der Waals surface area contributed by atoms with Crippen LogP contribution in [0, 0.1) is 0 Å². The summed E-state index contributed by atoms with van der Waals surface area (Å²) in [6.07, 6.45) is 6.65. The van der Waals surface area contributed by atoms with E-state index in [4.69, 9.17) is 0 Å². The number of urea groups is 1. The van der Waals surface area contributed by atoms with E-state index in [1.54, 1.807) is 0 Å². The molecule has 0 aliphatic heterocycles. The number of nitrogens with one attached hydrogen (secondary N) is 2. The Hall–Kier alpha value is -2.21. The van der Waals surface area contributed by atoms with E-state index in [2.05, 4.69) is 23.3 Å². The number of benzene rings is 1. The van der Waals surface area contributed by atoms with Gasteiger partial charge < -0.3 is 10.6 Å². The molecule has 0 heterocycles. The summed E-state index contributed by atoms with van der Waals surface area (Å²) < 4.78 is 14.4. The van der Waals surface area contributed by atoms with Gasteiger partial charge in [0.25, 0.3) is 0 Å². The van der Waals surface area contributed by atoms with Crippen molar-refractivity contribution in [2.24, 2.45) is 0 Å². The third kappa shape index (κ3) is 9.93. The first-order valence-electron chi connectivity index (χ1n) is 9.31. The van der Waals surface area contributed by atoms with Crippen LogP contribution in [-0.4, -0.2) is 24.5 Å². The van der Waals surface area contributed by atoms with Crippen LogP contribution in [0.5, 0.6) is 0 Å². The van der Waals surface area contributed by atoms with Crippen LogP contribution in [0.3, 0.4) is 0 Å². The Bertz CT molecular complexity index is 576. The second kappa shape index (κ2) is 13.1. The first-order chi connectivity index (χ1) is 12.5. The van der Waals surface area contributed by atoms with Crippen molar-refractivity contribution in [2.75, 3.05) is 6.54 Å². The highest BCUT2D eigenvalue weighted by molar-refractivity contribution is 5.76. The van der Waals surface area contributed by atoms with Gasteiger partial charge in [0.1, 0.15) is 5.83 Å². The third-order valence-electron chi connectivity index (χ3n) is 4.00. The minimum absolute atomic E-state index is 0.156. The maximum absolute atomic E-state index is 14.4. The summed E-state index contributed by atoms with van der Waals surface area (Å²) >= 11 is 0. The van der Waals surface area contributed by atoms with Crippen LogP contribution < -0.4 is 16.4 Å². The molecule has 0 bridgehead atoms. The van der Waals surface area contributed by atoms with Gasteiger partial charge in [-0.2, -0.15) is 0 Å². The number of aryl methyl sites for hydroxylation is 1. The molecule has 0 aromatic heterocycles. The van der Waals surface area contributed by atoms with E-state index >= 15 is 0 Å². The van der Waals surface area contributed by atoms with Crippen LogP contribution in [0.25, 0.3) is 0 Å². The number of amides is 3.